The zero-order chi connectivity index (χ0) is 19.0. The largest absolute Gasteiger partial charge is 0.463 e. The van der Waals surface area contributed by atoms with E-state index in [1.54, 1.807) is 31.2 Å². The summed E-state index contributed by atoms with van der Waals surface area (Å²) < 4.78 is 26.0. The molecule has 0 atom stereocenters. The van der Waals surface area contributed by atoms with Gasteiger partial charge in [0.15, 0.2) is 11.5 Å². The fourth-order valence-corrected chi connectivity index (χ4v) is 2.93. The van der Waals surface area contributed by atoms with Crippen LogP contribution in [0.1, 0.15) is 11.3 Å². The van der Waals surface area contributed by atoms with Crippen LogP contribution in [0.15, 0.2) is 62.5 Å². The zero-order valence-corrected chi connectivity index (χ0v) is 14.9. The maximum atomic E-state index is 14.1. The first-order valence-electron chi connectivity index (χ1n) is 8.05. The molecule has 0 radical (unpaired) electrons. The Balaban J connectivity index is 1.87. The number of hydrogen-bond donors (Lipinski definition) is 0. The van der Waals surface area contributed by atoms with E-state index in [0.29, 0.717) is 28.5 Å². The molecule has 0 bridgehead atoms. The lowest BCUT2D eigenvalue weighted by atomic mass is 10.1. The van der Waals surface area contributed by atoms with E-state index in [4.69, 9.17) is 20.5 Å². The normalized spacial score (nSPS) is 11.1. The molecule has 3 heterocycles. The van der Waals surface area contributed by atoms with Crippen molar-refractivity contribution in [1.29, 1.82) is 0 Å². The fourth-order valence-electron chi connectivity index (χ4n) is 2.71. The first-order valence-corrected chi connectivity index (χ1v) is 8.43. The number of rotatable bonds is 4. The molecule has 0 unspecified atom stereocenters. The number of hydrogen-bond acceptors (Lipinski definition) is 5. The van der Waals surface area contributed by atoms with E-state index in [1.807, 2.05) is 0 Å². The van der Waals surface area contributed by atoms with Crippen molar-refractivity contribution in [2.24, 2.45) is 0 Å². The van der Waals surface area contributed by atoms with Crippen LogP contribution in [0.4, 0.5) is 4.39 Å². The Morgan fingerprint density at radius 2 is 2.04 bits per heavy atom. The minimum absolute atomic E-state index is 0.117. The van der Waals surface area contributed by atoms with Crippen LogP contribution < -0.4 is 5.56 Å². The van der Waals surface area contributed by atoms with Crippen molar-refractivity contribution in [1.82, 2.24) is 14.9 Å². The van der Waals surface area contributed by atoms with Crippen LogP contribution in [0.5, 0.6) is 0 Å². The Morgan fingerprint density at radius 3 is 2.70 bits per heavy atom. The van der Waals surface area contributed by atoms with E-state index in [9.17, 15) is 9.18 Å². The zero-order valence-electron chi connectivity index (χ0n) is 14.1. The highest BCUT2D eigenvalue weighted by Crippen LogP contribution is 2.30. The lowest BCUT2D eigenvalue weighted by Gasteiger charge is -2.11. The van der Waals surface area contributed by atoms with Crippen LogP contribution in [0.25, 0.3) is 22.8 Å². The minimum atomic E-state index is -0.509. The van der Waals surface area contributed by atoms with E-state index < -0.39 is 11.4 Å². The molecule has 0 fully saturated rings. The van der Waals surface area contributed by atoms with Gasteiger partial charge < -0.3 is 8.94 Å². The molecule has 136 valence electrons. The molecular weight excluding hydrogens is 373 g/mol. The quantitative estimate of drug-likeness (QED) is 0.523. The van der Waals surface area contributed by atoms with Crippen LogP contribution >= 0.6 is 11.6 Å². The third kappa shape index (κ3) is 3.29. The third-order valence-corrected chi connectivity index (χ3v) is 4.37. The average Bonchev–Trinajstić information content (AvgIpc) is 3.31. The third-order valence-electron chi connectivity index (χ3n) is 4.02. The van der Waals surface area contributed by atoms with Crippen molar-refractivity contribution in [3.8, 4) is 22.8 Å². The average molecular weight is 386 g/mol. The van der Waals surface area contributed by atoms with E-state index in [1.165, 1.54) is 24.5 Å². The number of halogens is 2. The van der Waals surface area contributed by atoms with E-state index in [-0.39, 0.29) is 17.1 Å². The first kappa shape index (κ1) is 17.2. The lowest BCUT2D eigenvalue weighted by Crippen LogP contribution is -2.24. The Bertz CT molecular complexity index is 1150. The Morgan fingerprint density at radius 1 is 1.19 bits per heavy atom. The summed E-state index contributed by atoms with van der Waals surface area (Å²) in [6.45, 7) is 1.65. The molecule has 0 N–H and O–H groups in total. The van der Waals surface area contributed by atoms with Gasteiger partial charge in [0, 0.05) is 22.7 Å². The minimum Gasteiger partial charge on any atom is -0.463 e. The van der Waals surface area contributed by atoms with Gasteiger partial charge in [-0.1, -0.05) is 22.8 Å². The summed E-state index contributed by atoms with van der Waals surface area (Å²) in [6, 6.07) is 10.8. The standard InChI is InChI=1S/C19H13ClFN3O3/c1-11-8-17(27-23-11)12-9-18(25)24(22-19(12)16-6-3-7-26-16)10-13-14(20)4-2-5-15(13)21/h2-9H,10H2,1H3. The van der Waals surface area contributed by atoms with Gasteiger partial charge in [0.2, 0.25) is 0 Å². The second kappa shape index (κ2) is 6.85. The Kier molecular flexibility index (Phi) is 4.37. The molecule has 0 amide bonds. The van der Waals surface area contributed by atoms with Crippen LogP contribution in [0, 0.1) is 12.7 Å². The maximum Gasteiger partial charge on any atom is 0.267 e. The highest BCUT2D eigenvalue weighted by Gasteiger charge is 2.19. The molecule has 8 heteroatoms. The van der Waals surface area contributed by atoms with Crippen LogP contribution in [-0.4, -0.2) is 14.9 Å². The lowest BCUT2D eigenvalue weighted by molar-refractivity contribution is 0.426. The molecule has 4 rings (SSSR count). The number of nitrogens with zero attached hydrogens (tertiary/aromatic N) is 3. The predicted octanol–water partition coefficient (Wildman–Crippen LogP) is 4.31. The van der Waals surface area contributed by atoms with E-state index >= 15 is 0 Å². The number of aryl methyl sites for hydroxylation is 1. The van der Waals surface area contributed by atoms with Gasteiger partial charge >= 0.3 is 0 Å². The van der Waals surface area contributed by atoms with Crippen molar-refractivity contribution in [3.05, 3.63) is 81.2 Å². The number of aromatic nitrogens is 3. The topological polar surface area (TPSA) is 74.1 Å². The van der Waals surface area contributed by atoms with Crippen molar-refractivity contribution < 1.29 is 13.3 Å². The summed E-state index contributed by atoms with van der Waals surface area (Å²) in [4.78, 5) is 12.6. The Hall–Kier alpha value is -3.19. The molecule has 27 heavy (non-hydrogen) atoms. The molecule has 0 aliphatic rings. The van der Waals surface area contributed by atoms with Gasteiger partial charge in [-0.15, -0.1) is 0 Å². The van der Waals surface area contributed by atoms with E-state index in [2.05, 4.69) is 10.3 Å². The van der Waals surface area contributed by atoms with Crippen molar-refractivity contribution in [2.75, 3.05) is 0 Å². The number of benzene rings is 1. The number of furan rings is 1. The second-order valence-corrected chi connectivity index (χ2v) is 6.32. The molecule has 3 aromatic heterocycles. The van der Waals surface area contributed by atoms with Gasteiger partial charge in [-0.05, 0) is 31.2 Å². The summed E-state index contributed by atoms with van der Waals surface area (Å²) in [6.07, 6.45) is 1.50. The van der Waals surface area contributed by atoms with Crippen molar-refractivity contribution in [2.45, 2.75) is 13.5 Å². The highest BCUT2D eigenvalue weighted by atomic mass is 35.5. The highest BCUT2D eigenvalue weighted by molar-refractivity contribution is 6.31. The van der Waals surface area contributed by atoms with Gasteiger partial charge in [-0.3, -0.25) is 4.79 Å². The molecule has 4 aromatic rings. The molecule has 0 aliphatic carbocycles. The van der Waals surface area contributed by atoms with Gasteiger partial charge in [-0.2, -0.15) is 5.10 Å². The summed E-state index contributed by atoms with van der Waals surface area (Å²) >= 11 is 6.08. The summed E-state index contributed by atoms with van der Waals surface area (Å²) in [5.41, 5.74) is 1.23. The molecule has 0 saturated carbocycles. The molecule has 0 aliphatic heterocycles. The second-order valence-electron chi connectivity index (χ2n) is 5.91. The summed E-state index contributed by atoms with van der Waals surface area (Å²) in [5.74, 6) is 0.317. The summed E-state index contributed by atoms with van der Waals surface area (Å²) in [7, 11) is 0. The maximum absolute atomic E-state index is 14.1. The first-order chi connectivity index (χ1) is 13.0. The van der Waals surface area contributed by atoms with Crippen molar-refractivity contribution in [3.63, 3.8) is 0 Å². The Labute approximate surface area is 157 Å². The predicted molar refractivity (Wildman–Crippen MR) is 96.9 cm³/mol. The molecule has 6 nitrogen and oxygen atoms in total. The molecule has 0 spiro atoms. The van der Waals surface area contributed by atoms with Gasteiger partial charge in [0.05, 0.1) is 24.1 Å². The van der Waals surface area contributed by atoms with Crippen LogP contribution in [0.3, 0.4) is 0 Å². The SMILES string of the molecule is Cc1cc(-c2cc(=O)n(Cc3c(F)cccc3Cl)nc2-c2ccco2)on1. The molecule has 1 aromatic carbocycles. The molecular formula is C19H13ClFN3O3. The molecule has 0 saturated heterocycles. The van der Waals surface area contributed by atoms with Gasteiger partial charge in [-0.25, -0.2) is 9.07 Å². The van der Waals surface area contributed by atoms with Gasteiger partial charge in [0.1, 0.15) is 11.5 Å². The van der Waals surface area contributed by atoms with Crippen LogP contribution in [0.2, 0.25) is 5.02 Å². The fraction of sp³-hybridized carbons (Fsp3) is 0.105. The smallest absolute Gasteiger partial charge is 0.267 e. The monoisotopic (exact) mass is 385 g/mol. The van der Waals surface area contributed by atoms with Crippen molar-refractivity contribution >= 4 is 11.6 Å². The van der Waals surface area contributed by atoms with Gasteiger partial charge in [0.25, 0.3) is 5.56 Å². The summed E-state index contributed by atoms with van der Waals surface area (Å²) in [5, 5.41) is 8.44. The van der Waals surface area contributed by atoms with E-state index in [0.717, 1.165) is 4.68 Å². The van der Waals surface area contributed by atoms with Crippen LogP contribution in [-0.2, 0) is 6.54 Å².